The summed E-state index contributed by atoms with van der Waals surface area (Å²) >= 11 is 0. The molecule has 1 saturated carbocycles. The number of nitrogens with one attached hydrogen (secondary N) is 2. The third kappa shape index (κ3) is 6.83. The van der Waals surface area contributed by atoms with Crippen LogP contribution >= 0.6 is 0 Å². The van der Waals surface area contributed by atoms with Crippen LogP contribution in [0, 0.1) is 5.92 Å². The van der Waals surface area contributed by atoms with E-state index in [0.29, 0.717) is 0 Å². The van der Waals surface area contributed by atoms with E-state index in [1.54, 1.807) is 57.2 Å². The fourth-order valence-corrected chi connectivity index (χ4v) is 7.36. The average Bonchev–Trinajstić information content (AvgIpc) is 3.07. The summed E-state index contributed by atoms with van der Waals surface area (Å²) in [5.41, 5.74) is -5.25. The van der Waals surface area contributed by atoms with E-state index >= 15 is 0 Å². The summed E-state index contributed by atoms with van der Waals surface area (Å²) in [6.07, 6.45) is -10.1. The number of guanidine groups is 1. The monoisotopic (exact) mass is 753 g/mol. The van der Waals surface area contributed by atoms with Crippen LogP contribution in [0.25, 0.3) is 0 Å². The zero-order valence-electron chi connectivity index (χ0n) is 30.1. The quantitative estimate of drug-likeness (QED) is 0.256. The highest BCUT2D eigenvalue weighted by atomic mass is 16.9. The van der Waals surface area contributed by atoms with Gasteiger partial charge in [0.15, 0.2) is 12.3 Å². The number of aliphatic imine (C=N–C) groups is 1. The number of rotatable bonds is 8. The molecule has 18 nitrogen and oxygen atoms in total. The molecule has 1 amide bonds. The average molecular weight is 754 g/mol. The SMILES string of the molecule is CC(=O)OC1C2OC3(OC(=O)c4ccccc4)OC(C4C(O)N=C(NC(=O)OC(C)(C)C)NC14[C@@H]3OC(C)=O)C2(COC(=O)c1ccccc1)OC(C)=O. The molecule has 5 aliphatic rings. The Kier molecular flexibility index (Phi) is 9.89. The Hall–Kier alpha value is -5.59. The van der Waals surface area contributed by atoms with Crippen molar-refractivity contribution in [3.05, 3.63) is 71.8 Å². The summed E-state index contributed by atoms with van der Waals surface area (Å²) in [6.45, 7) is 7.14. The van der Waals surface area contributed by atoms with Gasteiger partial charge < -0.3 is 48.3 Å². The number of aliphatic hydroxyl groups is 1. The van der Waals surface area contributed by atoms with Crippen molar-refractivity contribution in [3.63, 3.8) is 0 Å². The van der Waals surface area contributed by atoms with Crippen LogP contribution in [-0.2, 0) is 52.3 Å². The van der Waals surface area contributed by atoms with Gasteiger partial charge in [-0.3, -0.25) is 19.7 Å². The maximum atomic E-state index is 13.8. The molecular weight excluding hydrogens is 714 g/mol. The summed E-state index contributed by atoms with van der Waals surface area (Å²) in [6, 6.07) is 15.5. The lowest BCUT2D eigenvalue weighted by Gasteiger charge is -2.72. The second kappa shape index (κ2) is 14.0. The number of hydrogen-bond acceptors (Lipinski definition) is 17. The zero-order chi connectivity index (χ0) is 39.2. The Morgan fingerprint density at radius 1 is 0.815 bits per heavy atom. The number of carbonyl (C=O) groups excluding carboxylic acids is 6. The second-order valence-corrected chi connectivity index (χ2v) is 14.0. The van der Waals surface area contributed by atoms with Crippen molar-refractivity contribution in [2.24, 2.45) is 10.9 Å². The van der Waals surface area contributed by atoms with Crippen molar-refractivity contribution in [2.75, 3.05) is 6.61 Å². The van der Waals surface area contributed by atoms with Gasteiger partial charge in [-0.2, -0.15) is 0 Å². The lowest BCUT2D eigenvalue weighted by Crippen LogP contribution is -2.96. The molecule has 4 fully saturated rings. The van der Waals surface area contributed by atoms with Crippen LogP contribution in [0.1, 0.15) is 62.3 Å². The van der Waals surface area contributed by atoms with Gasteiger partial charge in [-0.25, -0.2) is 19.4 Å². The standard InChI is InChI=1S/C36H39N3O15/c1-18(40)48-26-25-34(50-20(3)42,17-47-28(44)21-13-9-7-10-14-21)24-23-27(43)37-31(38-32(46)54-33(4,5)6)39-35(23,26)30(49-19(2)41)36(51-24,52-25)53-29(45)22-15-11-8-12-16-22/h7-16,23-27,30,43H,17H2,1-6H3,(H2,37,38,39,46)/t23?,24?,25?,26?,27?,30-,34?,35?,36?/m0/s1. The number of esters is 5. The minimum Gasteiger partial charge on any atom is -0.458 e. The van der Waals surface area contributed by atoms with E-state index in [1.807, 2.05) is 0 Å². The lowest BCUT2D eigenvalue weighted by molar-refractivity contribution is -0.542. The minimum atomic E-state index is -2.73. The van der Waals surface area contributed by atoms with Gasteiger partial charge in [0.1, 0.15) is 30.0 Å². The highest BCUT2D eigenvalue weighted by Gasteiger charge is 2.88. The molecule has 0 radical (unpaired) electrons. The number of aliphatic hydroxyl groups excluding tert-OH is 1. The van der Waals surface area contributed by atoms with Crippen molar-refractivity contribution in [1.82, 2.24) is 10.6 Å². The third-order valence-electron chi connectivity index (χ3n) is 9.05. The van der Waals surface area contributed by atoms with Crippen molar-refractivity contribution in [2.45, 2.75) is 94.9 Å². The molecule has 0 aromatic heterocycles. The maximum absolute atomic E-state index is 13.8. The summed E-state index contributed by atoms with van der Waals surface area (Å²) in [5, 5.41) is 17.3. The van der Waals surface area contributed by atoms with Crippen LogP contribution in [-0.4, -0.2) is 107 Å². The number of benzene rings is 2. The molecule has 4 bridgehead atoms. The van der Waals surface area contributed by atoms with Crippen LogP contribution in [0.2, 0.25) is 0 Å². The summed E-state index contributed by atoms with van der Waals surface area (Å²) in [7, 11) is 0. The largest absolute Gasteiger partial charge is 0.458 e. The highest BCUT2D eigenvalue weighted by Crippen LogP contribution is 2.62. The number of hydrogen-bond donors (Lipinski definition) is 3. The highest BCUT2D eigenvalue weighted by molar-refractivity contribution is 5.95. The Bertz CT molecular complexity index is 1870. The predicted octanol–water partition coefficient (Wildman–Crippen LogP) is 1.49. The predicted molar refractivity (Wildman–Crippen MR) is 179 cm³/mol. The van der Waals surface area contributed by atoms with Gasteiger partial charge in [0, 0.05) is 20.8 Å². The number of nitrogens with zero attached hydrogens (tertiary/aromatic N) is 1. The molecule has 4 aliphatic heterocycles. The smallest absolute Gasteiger partial charge is 0.414 e. The number of amides is 1. The van der Waals surface area contributed by atoms with E-state index in [0.717, 1.165) is 20.8 Å². The Labute approximate surface area is 308 Å². The maximum Gasteiger partial charge on any atom is 0.414 e. The molecule has 2 aromatic carbocycles. The van der Waals surface area contributed by atoms with Crippen molar-refractivity contribution >= 4 is 41.9 Å². The van der Waals surface area contributed by atoms with Gasteiger partial charge in [-0.15, -0.1) is 0 Å². The summed E-state index contributed by atoms with van der Waals surface area (Å²) in [4.78, 5) is 83.1. The van der Waals surface area contributed by atoms with Crippen LogP contribution in [0.15, 0.2) is 65.7 Å². The molecule has 1 aliphatic carbocycles. The molecule has 288 valence electrons. The van der Waals surface area contributed by atoms with Crippen molar-refractivity contribution in [3.8, 4) is 0 Å². The molecule has 54 heavy (non-hydrogen) atoms. The van der Waals surface area contributed by atoms with Crippen LogP contribution in [0.4, 0.5) is 4.79 Å². The first-order chi connectivity index (χ1) is 25.4. The molecule has 3 saturated heterocycles. The molecule has 7 rings (SSSR count). The molecule has 8 unspecified atom stereocenters. The normalized spacial score (nSPS) is 31.7. The van der Waals surface area contributed by atoms with E-state index in [9.17, 15) is 33.9 Å². The number of ether oxygens (including phenoxy) is 8. The number of alkyl carbamates (subject to hydrolysis) is 1. The van der Waals surface area contributed by atoms with E-state index in [4.69, 9.17) is 37.9 Å². The molecule has 1 spiro atoms. The summed E-state index contributed by atoms with van der Waals surface area (Å²) in [5.74, 6) is -9.46. The van der Waals surface area contributed by atoms with E-state index in [1.165, 1.54) is 24.3 Å². The first kappa shape index (κ1) is 38.1. The Morgan fingerprint density at radius 2 is 1.39 bits per heavy atom. The fraction of sp³-hybridized carbons (Fsp3) is 0.472. The van der Waals surface area contributed by atoms with E-state index in [-0.39, 0.29) is 11.1 Å². The third-order valence-corrected chi connectivity index (χ3v) is 9.05. The Balaban J connectivity index is 1.55. The van der Waals surface area contributed by atoms with E-state index in [2.05, 4.69) is 15.6 Å². The number of carbonyl (C=O) groups is 6. The first-order valence-corrected chi connectivity index (χ1v) is 16.8. The zero-order valence-corrected chi connectivity index (χ0v) is 30.1. The van der Waals surface area contributed by atoms with Gasteiger partial charge in [-0.05, 0) is 45.0 Å². The van der Waals surface area contributed by atoms with Crippen molar-refractivity contribution in [1.29, 1.82) is 0 Å². The van der Waals surface area contributed by atoms with Gasteiger partial charge in [0.05, 0.1) is 17.0 Å². The Morgan fingerprint density at radius 3 is 1.94 bits per heavy atom. The topological polar surface area (TPSA) is 233 Å². The van der Waals surface area contributed by atoms with Gasteiger partial charge >= 0.3 is 41.9 Å². The minimum absolute atomic E-state index is 0.0149. The molecule has 18 heteroatoms. The van der Waals surface area contributed by atoms with E-state index < -0.39 is 108 Å². The molecule has 2 aromatic rings. The molecule has 4 heterocycles. The molecule has 3 N–H and O–H groups in total. The van der Waals surface area contributed by atoms with Gasteiger partial charge in [0.25, 0.3) is 0 Å². The fourth-order valence-electron chi connectivity index (χ4n) is 7.36. The van der Waals surface area contributed by atoms with Crippen molar-refractivity contribution < 1.29 is 71.8 Å². The molecular formula is C36H39N3O15. The summed E-state index contributed by atoms with van der Waals surface area (Å²) < 4.78 is 47.4. The van der Waals surface area contributed by atoms with Crippen LogP contribution in [0.3, 0.4) is 0 Å². The van der Waals surface area contributed by atoms with Crippen LogP contribution < -0.4 is 10.6 Å². The first-order valence-electron chi connectivity index (χ1n) is 16.8. The lowest BCUT2D eigenvalue weighted by atomic mass is 9.54. The molecule has 9 atom stereocenters. The van der Waals surface area contributed by atoms with Gasteiger partial charge in [-0.1, -0.05) is 36.4 Å². The van der Waals surface area contributed by atoms with Gasteiger partial charge in [0.2, 0.25) is 17.7 Å². The second-order valence-electron chi connectivity index (χ2n) is 14.0. The van der Waals surface area contributed by atoms with Crippen LogP contribution in [0.5, 0.6) is 0 Å².